The van der Waals surface area contributed by atoms with Gasteiger partial charge in [-0.25, -0.2) is 9.97 Å². The number of anilines is 3. The Morgan fingerprint density at radius 2 is 1.57 bits per heavy atom. The van der Waals surface area contributed by atoms with Gasteiger partial charge in [-0.2, -0.15) is 9.97 Å². The monoisotopic (exact) mass is 488 g/mol. The smallest absolute Gasteiger partial charge is 0.231 e. The van der Waals surface area contributed by atoms with Crippen LogP contribution in [0.2, 0.25) is 0 Å². The second-order valence-corrected chi connectivity index (χ2v) is 8.25. The molecule has 0 saturated heterocycles. The molecular weight excluding hydrogens is 464 g/mol. The summed E-state index contributed by atoms with van der Waals surface area (Å²) in [5.41, 5.74) is 4.24. The molecule has 2 N–H and O–H groups in total. The number of nitrogens with one attached hydrogen (secondary N) is 2. The highest BCUT2D eigenvalue weighted by Gasteiger charge is 2.15. The minimum Gasteiger partial charge on any atom is -0.492 e. The van der Waals surface area contributed by atoms with E-state index in [0.717, 1.165) is 22.8 Å². The highest BCUT2D eigenvalue weighted by atomic mass is 16.5. The van der Waals surface area contributed by atoms with Gasteiger partial charge in [-0.05, 0) is 48.5 Å². The minimum absolute atomic E-state index is 0.465. The summed E-state index contributed by atoms with van der Waals surface area (Å²) in [6.45, 7) is 1.03. The Hall–Kier alpha value is -5.18. The lowest BCUT2D eigenvalue weighted by Gasteiger charge is -2.12. The summed E-state index contributed by atoms with van der Waals surface area (Å²) in [5.74, 6) is 1.92. The fourth-order valence-corrected chi connectivity index (χ4v) is 3.97. The second-order valence-electron chi connectivity index (χ2n) is 8.25. The molecule has 3 aromatic heterocycles. The lowest BCUT2D eigenvalue weighted by molar-refractivity contribution is 0.333. The molecule has 0 aliphatic heterocycles. The van der Waals surface area contributed by atoms with Crippen LogP contribution in [0.5, 0.6) is 5.75 Å². The van der Waals surface area contributed by atoms with E-state index in [-0.39, 0.29) is 0 Å². The minimum atomic E-state index is 0.465. The van der Waals surface area contributed by atoms with Gasteiger partial charge in [0, 0.05) is 29.5 Å². The fraction of sp³-hybridized carbons (Fsp3) is 0.0714. The first kappa shape index (κ1) is 22.3. The van der Waals surface area contributed by atoms with Crippen LogP contribution in [0.4, 0.5) is 17.5 Å². The molecule has 0 saturated carbocycles. The zero-order chi connectivity index (χ0) is 24.9. The Morgan fingerprint density at radius 3 is 2.32 bits per heavy atom. The third-order valence-electron chi connectivity index (χ3n) is 5.76. The van der Waals surface area contributed by atoms with Gasteiger partial charge < -0.3 is 19.9 Å². The van der Waals surface area contributed by atoms with Gasteiger partial charge in [0.25, 0.3) is 0 Å². The lowest BCUT2D eigenvalue weighted by Crippen LogP contribution is -2.13. The second kappa shape index (κ2) is 10.2. The Kier molecular flexibility index (Phi) is 6.15. The van der Waals surface area contributed by atoms with Crippen LogP contribution >= 0.6 is 0 Å². The molecule has 0 fully saturated rings. The molecule has 0 unspecified atom stereocenters. The maximum absolute atomic E-state index is 5.83. The average Bonchev–Trinajstić information content (AvgIpc) is 3.64. The van der Waals surface area contributed by atoms with Crippen LogP contribution in [-0.2, 0) is 0 Å². The summed E-state index contributed by atoms with van der Waals surface area (Å²) in [7, 11) is 0. The van der Waals surface area contributed by atoms with E-state index < -0.39 is 0 Å². The van der Waals surface area contributed by atoms with Crippen molar-refractivity contribution < 1.29 is 4.74 Å². The number of hydrogen-bond donors (Lipinski definition) is 2. The number of imidazole rings is 2. The summed E-state index contributed by atoms with van der Waals surface area (Å²) in [6, 6.07) is 27.7. The molecule has 182 valence electrons. The van der Waals surface area contributed by atoms with E-state index in [1.54, 1.807) is 18.9 Å². The first-order valence-corrected chi connectivity index (χ1v) is 11.9. The first-order valence-electron chi connectivity index (χ1n) is 11.9. The average molecular weight is 489 g/mol. The van der Waals surface area contributed by atoms with Gasteiger partial charge in [-0.1, -0.05) is 36.4 Å². The molecule has 6 aromatic rings. The molecule has 9 nitrogen and oxygen atoms in total. The van der Waals surface area contributed by atoms with Crippen LogP contribution in [0.3, 0.4) is 0 Å². The molecule has 0 amide bonds. The van der Waals surface area contributed by atoms with Crippen molar-refractivity contribution in [3.8, 4) is 17.1 Å². The van der Waals surface area contributed by atoms with Crippen LogP contribution < -0.4 is 15.4 Å². The number of fused-ring (bicyclic) bond motifs is 1. The maximum atomic E-state index is 5.83. The van der Waals surface area contributed by atoms with E-state index >= 15 is 0 Å². The number of hydrogen-bond acceptors (Lipinski definition) is 7. The Bertz CT molecular complexity index is 1580. The molecule has 0 aliphatic rings. The Balaban J connectivity index is 1.28. The molecule has 0 bridgehead atoms. The van der Waals surface area contributed by atoms with Crippen LogP contribution in [0, 0.1) is 0 Å². The van der Waals surface area contributed by atoms with Crippen molar-refractivity contribution in [1.29, 1.82) is 0 Å². The molecule has 9 heteroatoms. The number of benzene rings is 3. The van der Waals surface area contributed by atoms with E-state index in [1.165, 1.54) is 0 Å². The van der Waals surface area contributed by atoms with Crippen molar-refractivity contribution in [2.75, 3.05) is 23.8 Å². The number of para-hydroxylation sites is 2. The zero-order valence-corrected chi connectivity index (χ0v) is 19.9. The largest absolute Gasteiger partial charge is 0.492 e. The molecule has 0 aliphatic carbocycles. The highest BCUT2D eigenvalue weighted by Crippen LogP contribution is 2.25. The quantitative estimate of drug-likeness (QED) is 0.269. The van der Waals surface area contributed by atoms with Crippen LogP contribution in [0.1, 0.15) is 0 Å². The van der Waals surface area contributed by atoms with Gasteiger partial charge in [-0.15, -0.1) is 0 Å². The molecular formula is C28H24N8O. The van der Waals surface area contributed by atoms with Gasteiger partial charge >= 0.3 is 0 Å². The normalized spacial score (nSPS) is 10.9. The lowest BCUT2D eigenvalue weighted by atomic mass is 10.3. The van der Waals surface area contributed by atoms with Gasteiger partial charge in [0.2, 0.25) is 5.95 Å². The zero-order valence-electron chi connectivity index (χ0n) is 19.9. The van der Waals surface area contributed by atoms with E-state index in [1.807, 2.05) is 100 Å². The molecule has 0 radical (unpaired) electrons. The number of aromatic nitrogens is 6. The summed E-state index contributed by atoms with van der Waals surface area (Å²) >= 11 is 0. The fourth-order valence-electron chi connectivity index (χ4n) is 3.97. The molecule has 37 heavy (non-hydrogen) atoms. The van der Waals surface area contributed by atoms with E-state index in [0.29, 0.717) is 36.1 Å². The van der Waals surface area contributed by atoms with Gasteiger partial charge in [0.05, 0.1) is 12.9 Å². The van der Waals surface area contributed by atoms with Crippen molar-refractivity contribution in [3.05, 3.63) is 110 Å². The van der Waals surface area contributed by atoms with Crippen LogP contribution in [0.15, 0.2) is 110 Å². The predicted molar refractivity (Wildman–Crippen MR) is 144 cm³/mol. The van der Waals surface area contributed by atoms with Gasteiger partial charge in [-0.3, -0.25) is 4.57 Å². The summed E-state index contributed by atoms with van der Waals surface area (Å²) < 4.78 is 9.73. The van der Waals surface area contributed by atoms with Crippen LogP contribution in [-0.4, -0.2) is 42.2 Å². The molecule has 3 aromatic carbocycles. The first-order chi connectivity index (χ1) is 18.3. The summed E-state index contributed by atoms with van der Waals surface area (Å²) in [4.78, 5) is 18.3. The molecule has 0 atom stereocenters. The van der Waals surface area contributed by atoms with Gasteiger partial charge in [0.15, 0.2) is 17.0 Å². The Labute approximate surface area is 213 Å². The van der Waals surface area contributed by atoms with Gasteiger partial charge in [0.1, 0.15) is 18.7 Å². The van der Waals surface area contributed by atoms with Crippen molar-refractivity contribution in [2.45, 2.75) is 0 Å². The third kappa shape index (κ3) is 4.96. The third-order valence-corrected chi connectivity index (χ3v) is 5.76. The van der Waals surface area contributed by atoms with Crippen LogP contribution in [0.25, 0.3) is 22.5 Å². The number of ether oxygens (including phenoxy) is 1. The van der Waals surface area contributed by atoms with Crippen molar-refractivity contribution in [3.63, 3.8) is 0 Å². The summed E-state index contributed by atoms with van der Waals surface area (Å²) in [5, 5.41) is 6.71. The number of rotatable bonds is 9. The van der Waals surface area contributed by atoms with Crippen molar-refractivity contribution in [1.82, 2.24) is 29.1 Å². The molecule has 0 spiro atoms. The topological polar surface area (TPSA) is 94.7 Å². The van der Waals surface area contributed by atoms with Crippen molar-refractivity contribution in [2.24, 2.45) is 0 Å². The van der Waals surface area contributed by atoms with E-state index in [4.69, 9.17) is 14.7 Å². The van der Waals surface area contributed by atoms with Crippen molar-refractivity contribution >= 4 is 28.6 Å². The molecule has 3 heterocycles. The summed E-state index contributed by atoms with van der Waals surface area (Å²) in [6.07, 6.45) is 7.20. The SMILES string of the molecule is c1ccc(OCCNc2nc(Nc3ccc(-n4ccnc4)cc3)nc3c2ncn3-c2ccccc2)cc1. The van der Waals surface area contributed by atoms with E-state index in [9.17, 15) is 0 Å². The highest BCUT2D eigenvalue weighted by molar-refractivity contribution is 5.86. The Morgan fingerprint density at radius 1 is 0.784 bits per heavy atom. The molecule has 6 rings (SSSR count). The standard InChI is InChI=1S/C28H24N8O/c1-3-7-23(8-4-1)36-20-31-25-26(30-16-18-37-24-9-5-2-6-10-24)33-28(34-27(25)36)32-21-11-13-22(14-12-21)35-17-15-29-19-35/h1-15,17,19-20H,16,18H2,(H2,30,32,33,34). The maximum Gasteiger partial charge on any atom is 0.231 e. The van der Waals surface area contributed by atoms with E-state index in [2.05, 4.69) is 20.6 Å². The predicted octanol–water partition coefficient (Wildman–Crippen LogP) is 5.24. The number of nitrogens with zero attached hydrogens (tertiary/aromatic N) is 6.